The highest BCUT2D eigenvalue weighted by molar-refractivity contribution is 5.94. The van der Waals surface area contributed by atoms with E-state index in [9.17, 15) is 4.79 Å². The smallest absolute Gasteiger partial charge is 0.337 e. The molecule has 2 aromatic carbocycles. The number of methoxy groups -OCH3 is 1. The number of rotatable bonds is 5. The molecule has 4 heteroatoms. The molecule has 0 saturated carbocycles. The van der Waals surface area contributed by atoms with Crippen LogP contribution in [0.1, 0.15) is 35.7 Å². The molecule has 124 valence electrons. The molecule has 0 amide bonds. The summed E-state index contributed by atoms with van der Waals surface area (Å²) in [6.07, 6.45) is 2.16. The fraction of sp³-hybridized carbons (Fsp3) is 0.300. The molecule has 0 atom stereocenters. The van der Waals surface area contributed by atoms with Gasteiger partial charge in [-0.1, -0.05) is 43.2 Å². The van der Waals surface area contributed by atoms with Crippen LogP contribution in [0.4, 0.5) is 0 Å². The van der Waals surface area contributed by atoms with E-state index in [4.69, 9.17) is 9.72 Å². The SMILES string of the molecule is CCCCn1c(-c2ccc(C)cc2)nc2ccc(C(=O)OC)cc21. The van der Waals surface area contributed by atoms with Crippen LogP contribution >= 0.6 is 0 Å². The summed E-state index contributed by atoms with van der Waals surface area (Å²) in [4.78, 5) is 16.6. The molecular weight excluding hydrogens is 300 g/mol. The lowest BCUT2D eigenvalue weighted by Crippen LogP contribution is -2.03. The monoisotopic (exact) mass is 322 g/mol. The molecule has 0 N–H and O–H groups in total. The van der Waals surface area contributed by atoms with Gasteiger partial charge in [-0.3, -0.25) is 0 Å². The number of ether oxygens (including phenoxy) is 1. The zero-order valence-corrected chi connectivity index (χ0v) is 14.4. The van der Waals surface area contributed by atoms with E-state index in [1.807, 2.05) is 12.1 Å². The number of carbonyl (C=O) groups excluding carboxylic acids is 1. The van der Waals surface area contributed by atoms with E-state index in [-0.39, 0.29) is 5.97 Å². The van der Waals surface area contributed by atoms with Gasteiger partial charge in [0.05, 0.1) is 23.7 Å². The van der Waals surface area contributed by atoms with Gasteiger partial charge in [-0.15, -0.1) is 0 Å². The molecule has 3 aromatic rings. The molecule has 1 heterocycles. The van der Waals surface area contributed by atoms with Crippen LogP contribution in [-0.4, -0.2) is 22.6 Å². The first-order valence-electron chi connectivity index (χ1n) is 8.29. The maximum atomic E-state index is 11.8. The van der Waals surface area contributed by atoms with Crippen molar-refractivity contribution >= 4 is 17.0 Å². The van der Waals surface area contributed by atoms with Crippen molar-refractivity contribution in [2.24, 2.45) is 0 Å². The standard InChI is InChI=1S/C20H22N2O2/c1-4-5-12-22-18-13-16(20(23)24-3)10-11-17(18)21-19(22)15-8-6-14(2)7-9-15/h6-11,13H,4-5,12H2,1-3H3. The van der Waals surface area contributed by atoms with Gasteiger partial charge < -0.3 is 9.30 Å². The van der Waals surface area contributed by atoms with Gasteiger partial charge in [0.2, 0.25) is 0 Å². The van der Waals surface area contributed by atoms with E-state index in [2.05, 4.69) is 42.7 Å². The molecule has 0 saturated heterocycles. The molecule has 0 spiro atoms. The second kappa shape index (κ2) is 6.87. The summed E-state index contributed by atoms with van der Waals surface area (Å²) in [7, 11) is 1.40. The molecule has 0 radical (unpaired) electrons. The average Bonchev–Trinajstić information content (AvgIpc) is 2.97. The molecule has 0 aliphatic rings. The number of benzene rings is 2. The lowest BCUT2D eigenvalue weighted by Gasteiger charge is -2.09. The first-order chi connectivity index (χ1) is 11.6. The number of unbranched alkanes of at least 4 members (excludes halogenated alkanes) is 1. The molecule has 0 aliphatic heterocycles. The first-order valence-corrected chi connectivity index (χ1v) is 8.29. The molecule has 0 unspecified atom stereocenters. The van der Waals surface area contributed by atoms with Crippen LogP contribution in [0.3, 0.4) is 0 Å². The van der Waals surface area contributed by atoms with Gasteiger partial charge in [0.25, 0.3) is 0 Å². The predicted molar refractivity (Wildman–Crippen MR) is 96.2 cm³/mol. The van der Waals surface area contributed by atoms with Gasteiger partial charge in [-0.2, -0.15) is 0 Å². The third-order valence-electron chi connectivity index (χ3n) is 4.21. The van der Waals surface area contributed by atoms with Crippen molar-refractivity contribution in [3.05, 3.63) is 53.6 Å². The van der Waals surface area contributed by atoms with Gasteiger partial charge >= 0.3 is 5.97 Å². The van der Waals surface area contributed by atoms with Gasteiger partial charge in [-0.05, 0) is 31.5 Å². The summed E-state index contributed by atoms with van der Waals surface area (Å²) in [5.41, 5.74) is 4.74. The predicted octanol–water partition coefficient (Wildman–Crippen LogP) is 4.60. The molecule has 4 nitrogen and oxygen atoms in total. The molecule has 24 heavy (non-hydrogen) atoms. The number of aromatic nitrogens is 2. The van der Waals surface area contributed by atoms with Crippen molar-refractivity contribution in [3.8, 4) is 11.4 Å². The molecule has 0 fully saturated rings. The first kappa shape index (κ1) is 16.2. The Bertz CT molecular complexity index is 863. The Kier molecular flexibility index (Phi) is 4.65. The van der Waals surface area contributed by atoms with E-state index in [1.54, 1.807) is 6.07 Å². The maximum Gasteiger partial charge on any atom is 0.337 e. The zero-order chi connectivity index (χ0) is 17.1. The van der Waals surface area contributed by atoms with Crippen LogP contribution in [0.15, 0.2) is 42.5 Å². The Morgan fingerprint density at radius 2 is 1.92 bits per heavy atom. The van der Waals surface area contributed by atoms with Crippen LogP contribution in [0.25, 0.3) is 22.4 Å². The maximum absolute atomic E-state index is 11.8. The zero-order valence-electron chi connectivity index (χ0n) is 14.4. The molecule has 3 rings (SSSR count). The van der Waals surface area contributed by atoms with Crippen LogP contribution < -0.4 is 0 Å². The normalized spacial score (nSPS) is 11.0. The molecular formula is C20H22N2O2. The average molecular weight is 322 g/mol. The van der Waals surface area contributed by atoms with Crippen LogP contribution in [0, 0.1) is 6.92 Å². The number of nitrogens with zero attached hydrogens (tertiary/aromatic N) is 2. The van der Waals surface area contributed by atoms with Crippen LogP contribution in [0.5, 0.6) is 0 Å². The van der Waals surface area contributed by atoms with Gasteiger partial charge in [0, 0.05) is 12.1 Å². The van der Waals surface area contributed by atoms with E-state index in [0.29, 0.717) is 5.56 Å². The summed E-state index contributed by atoms with van der Waals surface area (Å²) < 4.78 is 7.05. The quantitative estimate of drug-likeness (QED) is 0.645. The fourth-order valence-electron chi connectivity index (χ4n) is 2.83. The summed E-state index contributed by atoms with van der Waals surface area (Å²) in [5, 5.41) is 0. The van der Waals surface area contributed by atoms with Crippen molar-refractivity contribution in [1.29, 1.82) is 0 Å². The second-order valence-electron chi connectivity index (χ2n) is 6.00. The third-order valence-corrected chi connectivity index (χ3v) is 4.21. The van der Waals surface area contributed by atoms with E-state index in [0.717, 1.165) is 41.8 Å². The minimum atomic E-state index is -0.322. The summed E-state index contributed by atoms with van der Waals surface area (Å²) in [6.45, 7) is 5.12. The molecule has 0 aliphatic carbocycles. The molecule has 0 bridgehead atoms. The minimum absolute atomic E-state index is 0.322. The minimum Gasteiger partial charge on any atom is -0.465 e. The van der Waals surface area contributed by atoms with Crippen molar-refractivity contribution in [3.63, 3.8) is 0 Å². The molecule has 1 aromatic heterocycles. The Morgan fingerprint density at radius 1 is 1.17 bits per heavy atom. The highest BCUT2D eigenvalue weighted by atomic mass is 16.5. The number of imidazole rings is 1. The van der Waals surface area contributed by atoms with E-state index >= 15 is 0 Å². The Balaban J connectivity index is 2.17. The van der Waals surface area contributed by atoms with Gasteiger partial charge in [-0.25, -0.2) is 9.78 Å². The van der Waals surface area contributed by atoms with E-state index < -0.39 is 0 Å². The second-order valence-corrected chi connectivity index (χ2v) is 6.00. The van der Waals surface area contributed by atoms with Crippen molar-refractivity contribution in [2.75, 3.05) is 7.11 Å². The fourth-order valence-corrected chi connectivity index (χ4v) is 2.83. The lowest BCUT2D eigenvalue weighted by molar-refractivity contribution is 0.0601. The topological polar surface area (TPSA) is 44.1 Å². The third kappa shape index (κ3) is 3.04. The largest absolute Gasteiger partial charge is 0.465 e. The summed E-state index contributed by atoms with van der Waals surface area (Å²) >= 11 is 0. The van der Waals surface area contributed by atoms with Crippen molar-refractivity contribution in [1.82, 2.24) is 9.55 Å². The van der Waals surface area contributed by atoms with Crippen molar-refractivity contribution < 1.29 is 9.53 Å². The van der Waals surface area contributed by atoms with E-state index in [1.165, 1.54) is 12.7 Å². The van der Waals surface area contributed by atoms with Crippen LogP contribution in [-0.2, 0) is 11.3 Å². The Morgan fingerprint density at radius 3 is 2.58 bits per heavy atom. The number of hydrogen-bond acceptors (Lipinski definition) is 3. The Labute approximate surface area is 142 Å². The Hall–Kier alpha value is -2.62. The summed E-state index contributed by atoms with van der Waals surface area (Å²) in [6, 6.07) is 13.9. The number of esters is 1. The highest BCUT2D eigenvalue weighted by Gasteiger charge is 2.15. The highest BCUT2D eigenvalue weighted by Crippen LogP contribution is 2.26. The number of aryl methyl sites for hydroxylation is 2. The lowest BCUT2D eigenvalue weighted by atomic mass is 10.1. The number of hydrogen-bond donors (Lipinski definition) is 0. The summed E-state index contributed by atoms with van der Waals surface area (Å²) in [5.74, 6) is 0.623. The number of carbonyl (C=O) groups is 1. The van der Waals surface area contributed by atoms with Crippen molar-refractivity contribution in [2.45, 2.75) is 33.2 Å². The van der Waals surface area contributed by atoms with Gasteiger partial charge in [0.1, 0.15) is 5.82 Å². The van der Waals surface area contributed by atoms with Crippen LogP contribution in [0.2, 0.25) is 0 Å². The number of fused-ring (bicyclic) bond motifs is 1. The van der Waals surface area contributed by atoms with Gasteiger partial charge in [0.15, 0.2) is 0 Å².